The number of pyridine rings is 1. The minimum atomic E-state index is -0.121. The average Bonchev–Trinajstić information content (AvgIpc) is 2.64. The van der Waals surface area contributed by atoms with E-state index >= 15 is 0 Å². The van der Waals surface area contributed by atoms with Crippen LogP contribution in [0.4, 0.5) is 0 Å². The van der Waals surface area contributed by atoms with Gasteiger partial charge in [-0.1, -0.05) is 11.6 Å². The Hall–Kier alpha value is -1.68. The zero-order valence-electron chi connectivity index (χ0n) is 8.72. The van der Waals surface area contributed by atoms with Crippen LogP contribution in [0.5, 0.6) is 0 Å². The second kappa shape index (κ2) is 4.45. The van der Waals surface area contributed by atoms with Gasteiger partial charge in [-0.15, -0.1) is 0 Å². The van der Waals surface area contributed by atoms with E-state index in [2.05, 4.69) is 10.1 Å². The van der Waals surface area contributed by atoms with Gasteiger partial charge in [0.05, 0.1) is 17.1 Å². The zero-order chi connectivity index (χ0) is 11.5. The molecule has 0 aromatic carbocycles. The lowest BCUT2D eigenvalue weighted by atomic mass is 10.1. The van der Waals surface area contributed by atoms with Gasteiger partial charge in [0.2, 0.25) is 0 Å². The minimum Gasteiger partial charge on any atom is -0.292 e. The molecule has 0 aliphatic heterocycles. The van der Waals surface area contributed by atoms with Crippen LogP contribution >= 0.6 is 11.6 Å². The van der Waals surface area contributed by atoms with Crippen molar-refractivity contribution >= 4 is 17.4 Å². The van der Waals surface area contributed by atoms with Crippen LogP contribution in [0.2, 0.25) is 5.02 Å². The molecule has 0 unspecified atom stereocenters. The Balaban J connectivity index is 2.18. The van der Waals surface area contributed by atoms with Crippen molar-refractivity contribution in [2.45, 2.75) is 6.42 Å². The Morgan fingerprint density at radius 1 is 1.50 bits per heavy atom. The number of rotatable bonds is 3. The number of Topliss-reactive ketones (excluding diaryl/α,β-unsaturated/α-hetero) is 1. The zero-order valence-corrected chi connectivity index (χ0v) is 9.48. The lowest BCUT2D eigenvalue weighted by Crippen LogP contribution is -2.07. The first kappa shape index (κ1) is 10.8. The molecule has 0 radical (unpaired) electrons. The third kappa shape index (κ3) is 2.28. The van der Waals surface area contributed by atoms with E-state index in [1.54, 1.807) is 35.3 Å². The number of hydrogen-bond acceptors (Lipinski definition) is 3. The fraction of sp³-hybridized carbons (Fsp3) is 0.182. The lowest BCUT2D eigenvalue weighted by Gasteiger charge is -1.99. The number of hydrogen-bond donors (Lipinski definition) is 0. The Morgan fingerprint density at radius 2 is 2.31 bits per heavy atom. The molecule has 16 heavy (non-hydrogen) atoms. The van der Waals surface area contributed by atoms with Crippen molar-refractivity contribution in [2.75, 3.05) is 0 Å². The SMILES string of the molecule is Cn1ccc(CC(=O)c2ncccc2Cl)n1. The van der Waals surface area contributed by atoms with Gasteiger partial charge in [-0.25, -0.2) is 0 Å². The molecule has 4 nitrogen and oxygen atoms in total. The molecule has 82 valence electrons. The smallest absolute Gasteiger partial charge is 0.188 e. The van der Waals surface area contributed by atoms with Crippen molar-refractivity contribution in [3.05, 3.63) is 47.0 Å². The lowest BCUT2D eigenvalue weighted by molar-refractivity contribution is 0.0987. The molecule has 0 aliphatic carbocycles. The van der Waals surface area contributed by atoms with Crippen LogP contribution in [-0.4, -0.2) is 20.5 Å². The van der Waals surface area contributed by atoms with E-state index < -0.39 is 0 Å². The highest BCUT2D eigenvalue weighted by Crippen LogP contribution is 2.14. The maximum atomic E-state index is 11.8. The molecule has 2 aromatic rings. The summed E-state index contributed by atoms with van der Waals surface area (Å²) in [4.78, 5) is 15.8. The van der Waals surface area contributed by atoms with E-state index in [0.29, 0.717) is 16.4 Å². The van der Waals surface area contributed by atoms with Crippen LogP contribution in [0.3, 0.4) is 0 Å². The van der Waals surface area contributed by atoms with Gasteiger partial charge in [-0.2, -0.15) is 5.10 Å². The first-order chi connectivity index (χ1) is 7.66. The van der Waals surface area contributed by atoms with E-state index in [1.165, 1.54) is 0 Å². The fourth-order valence-electron chi connectivity index (χ4n) is 1.40. The molecule has 0 spiro atoms. The summed E-state index contributed by atoms with van der Waals surface area (Å²) in [7, 11) is 1.81. The summed E-state index contributed by atoms with van der Waals surface area (Å²) in [6, 6.07) is 5.15. The maximum Gasteiger partial charge on any atom is 0.188 e. The molecule has 5 heteroatoms. The Morgan fingerprint density at radius 3 is 2.94 bits per heavy atom. The van der Waals surface area contributed by atoms with Gasteiger partial charge in [0.15, 0.2) is 5.78 Å². The van der Waals surface area contributed by atoms with Gasteiger partial charge < -0.3 is 0 Å². The molecule has 0 saturated carbocycles. The van der Waals surface area contributed by atoms with Crippen LogP contribution < -0.4 is 0 Å². The fourth-order valence-corrected chi connectivity index (χ4v) is 1.62. The number of carbonyl (C=O) groups is 1. The topological polar surface area (TPSA) is 47.8 Å². The van der Waals surface area contributed by atoms with Crippen molar-refractivity contribution in [2.24, 2.45) is 7.05 Å². The molecule has 2 heterocycles. The number of halogens is 1. The predicted octanol–water partition coefficient (Wildman–Crippen LogP) is 1.89. The number of nitrogens with zero attached hydrogens (tertiary/aromatic N) is 3. The van der Waals surface area contributed by atoms with E-state index in [9.17, 15) is 4.79 Å². The molecule has 0 fully saturated rings. The molecular weight excluding hydrogens is 226 g/mol. The summed E-state index contributed by atoms with van der Waals surface area (Å²) in [5.41, 5.74) is 1.02. The molecule has 2 aromatic heterocycles. The molecule has 0 amide bonds. The van der Waals surface area contributed by atoms with Gasteiger partial charge in [-0.3, -0.25) is 14.5 Å². The third-order valence-corrected chi connectivity index (χ3v) is 2.44. The largest absolute Gasteiger partial charge is 0.292 e. The summed E-state index contributed by atoms with van der Waals surface area (Å²) < 4.78 is 1.66. The monoisotopic (exact) mass is 235 g/mol. The van der Waals surface area contributed by atoms with Gasteiger partial charge in [0.25, 0.3) is 0 Å². The summed E-state index contributed by atoms with van der Waals surface area (Å²) >= 11 is 5.88. The number of carbonyl (C=O) groups excluding carboxylic acids is 1. The van der Waals surface area contributed by atoms with Crippen molar-refractivity contribution < 1.29 is 4.79 Å². The Bertz CT molecular complexity index is 521. The van der Waals surface area contributed by atoms with E-state index in [-0.39, 0.29) is 12.2 Å². The molecule has 2 rings (SSSR count). The van der Waals surface area contributed by atoms with E-state index in [1.807, 2.05) is 7.05 Å². The summed E-state index contributed by atoms with van der Waals surface area (Å²) in [5.74, 6) is -0.121. The first-order valence-electron chi connectivity index (χ1n) is 4.79. The minimum absolute atomic E-state index is 0.121. The van der Waals surface area contributed by atoms with Crippen molar-refractivity contribution in [1.82, 2.24) is 14.8 Å². The van der Waals surface area contributed by atoms with Gasteiger partial charge >= 0.3 is 0 Å². The van der Waals surface area contributed by atoms with Crippen molar-refractivity contribution in [3.63, 3.8) is 0 Å². The predicted molar refractivity (Wildman–Crippen MR) is 60.5 cm³/mol. The highest BCUT2D eigenvalue weighted by molar-refractivity contribution is 6.33. The van der Waals surface area contributed by atoms with E-state index in [0.717, 1.165) is 0 Å². The van der Waals surface area contributed by atoms with E-state index in [4.69, 9.17) is 11.6 Å². The van der Waals surface area contributed by atoms with Gasteiger partial charge in [-0.05, 0) is 18.2 Å². The average molecular weight is 236 g/mol. The molecule has 0 aliphatic rings. The van der Waals surface area contributed by atoms with Crippen molar-refractivity contribution in [1.29, 1.82) is 0 Å². The summed E-state index contributed by atoms with van der Waals surface area (Å²) in [5, 5.41) is 4.51. The highest BCUT2D eigenvalue weighted by Gasteiger charge is 2.13. The number of aryl methyl sites for hydroxylation is 1. The summed E-state index contributed by atoms with van der Waals surface area (Å²) in [6.07, 6.45) is 3.57. The molecular formula is C11H10ClN3O. The second-order valence-corrected chi connectivity index (χ2v) is 3.82. The highest BCUT2D eigenvalue weighted by atomic mass is 35.5. The van der Waals surface area contributed by atoms with Crippen LogP contribution in [0.1, 0.15) is 16.2 Å². The second-order valence-electron chi connectivity index (χ2n) is 3.41. The first-order valence-corrected chi connectivity index (χ1v) is 5.17. The third-order valence-electron chi connectivity index (χ3n) is 2.13. The molecule has 0 saturated heterocycles. The van der Waals surface area contributed by atoms with Crippen LogP contribution in [0.15, 0.2) is 30.6 Å². The Labute approximate surface area is 97.9 Å². The van der Waals surface area contributed by atoms with Crippen LogP contribution in [0, 0.1) is 0 Å². The number of ketones is 1. The van der Waals surface area contributed by atoms with Gasteiger partial charge in [0, 0.05) is 19.4 Å². The summed E-state index contributed by atoms with van der Waals surface area (Å²) in [6.45, 7) is 0. The maximum absolute atomic E-state index is 11.8. The quantitative estimate of drug-likeness (QED) is 0.764. The Kier molecular flexibility index (Phi) is 3.01. The van der Waals surface area contributed by atoms with Gasteiger partial charge in [0.1, 0.15) is 5.69 Å². The molecule has 0 atom stereocenters. The van der Waals surface area contributed by atoms with Crippen LogP contribution in [0.25, 0.3) is 0 Å². The van der Waals surface area contributed by atoms with Crippen molar-refractivity contribution in [3.8, 4) is 0 Å². The van der Waals surface area contributed by atoms with Crippen LogP contribution in [-0.2, 0) is 13.5 Å². The normalized spacial score (nSPS) is 10.4. The standard InChI is InChI=1S/C11H10ClN3O/c1-15-6-4-8(14-15)7-10(16)11-9(12)3-2-5-13-11/h2-6H,7H2,1H3. The molecule has 0 bridgehead atoms. The molecule has 0 N–H and O–H groups in total. The number of aromatic nitrogens is 3.